The average molecular weight is 393 g/mol. The van der Waals surface area contributed by atoms with Gasteiger partial charge in [-0.2, -0.15) is 0 Å². The van der Waals surface area contributed by atoms with Crippen LogP contribution in [0.15, 0.2) is 64.1 Å². The molecule has 0 bridgehead atoms. The predicted molar refractivity (Wildman–Crippen MR) is 93.2 cm³/mol. The second-order valence-electron chi connectivity index (χ2n) is 4.78. The van der Waals surface area contributed by atoms with E-state index in [4.69, 9.17) is 4.74 Å². The van der Waals surface area contributed by atoms with Crippen LogP contribution in [0.25, 0.3) is 10.9 Å². The minimum absolute atomic E-state index is 0.137. The highest BCUT2D eigenvalue weighted by molar-refractivity contribution is 9.10. The third-order valence-electron chi connectivity index (χ3n) is 3.31. The maximum atomic E-state index is 12.6. The SMILES string of the molecule is COc1ccc(S(=O)(=O)Nc2cccc3cccnc23)cc1Br. The van der Waals surface area contributed by atoms with Crippen molar-refractivity contribution in [1.29, 1.82) is 0 Å². The van der Waals surface area contributed by atoms with Gasteiger partial charge >= 0.3 is 0 Å². The van der Waals surface area contributed by atoms with E-state index in [-0.39, 0.29) is 4.90 Å². The molecule has 0 aliphatic carbocycles. The lowest BCUT2D eigenvalue weighted by Gasteiger charge is -2.11. The van der Waals surface area contributed by atoms with E-state index in [1.807, 2.05) is 12.1 Å². The molecule has 3 aromatic rings. The summed E-state index contributed by atoms with van der Waals surface area (Å²) in [5.41, 5.74) is 1.04. The van der Waals surface area contributed by atoms with Gasteiger partial charge in [0.2, 0.25) is 0 Å². The molecule has 3 rings (SSSR count). The highest BCUT2D eigenvalue weighted by Gasteiger charge is 2.17. The van der Waals surface area contributed by atoms with Crippen LogP contribution in [0.5, 0.6) is 5.75 Å². The van der Waals surface area contributed by atoms with Crippen LogP contribution >= 0.6 is 15.9 Å². The summed E-state index contributed by atoms with van der Waals surface area (Å²) in [5.74, 6) is 0.566. The number of rotatable bonds is 4. The molecule has 0 radical (unpaired) electrons. The Kier molecular flexibility index (Phi) is 4.23. The Labute approximate surface area is 142 Å². The fourth-order valence-electron chi connectivity index (χ4n) is 2.20. The Morgan fingerprint density at radius 2 is 1.91 bits per heavy atom. The number of fused-ring (bicyclic) bond motifs is 1. The van der Waals surface area contributed by atoms with Gasteiger partial charge in [-0.15, -0.1) is 0 Å². The molecule has 1 N–H and O–H groups in total. The van der Waals surface area contributed by atoms with E-state index in [9.17, 15) is 8.42 Å². The van der Waals surface area contributed by atoms with Crippen molar-refractivity contribution in [2.45, 2.75) is 4.90 Å². The summed E-state index contributed by atoms with van der Waals surface area (Å²) in [6.07, 6.45) is 1.63. The van der Waals surface area contributed by atoms with Crippen molar-refractivity contribution in [2.24, 2.45) is 0 Å². The largest absolute Gasteiger partial charge is 0.496 e. The van der Waals surface area contributed by atoms with E-state index in [0.717, 1.165) is 5.39 Å². The number of benzene rings is 2. The van der Waals surface area contributed by atoms with Crippen molar-refractivity contribution < 1.29 is 13.2 Å². The first-order valence-corrected chi connectivity index (χ1v) is 8.99. The molecule has 118 valence electrons. The number of sulfonamides is 1. The maximum Gasteiger partial charge on any atom is 0.262 e. The van der Waals surface area contributed by atoms with E-state index in [1.165, 1.54) is 19.2 Å². The van der Waals surface area contributed by atoms with Crippen LogP contribution in [0.2, 0.25) is 0 Å². The number of pyridine rings is 1. The molecule has 0 spiro atoms. The molecule has 0 saturated carbocycles. The zero-order valence-corrected chi connectivity index (χ0v) is 14.6. The van der Waals surface area contributed by atoms with Crippen LogP contribution in [0, 0.1) is 0 Å². The number of halogens is 1. The van der Waals surface area contributed by atoms with E-state index < -0.39 is 10.0 Å². The van der Waals surface area contributed by atoms with Gasteiger partial charge in [-0.3, -0.25) is 9.71 Å². The van der Waals surface area contributed by atoms with Gasteiger partial charge in [-0.05, 0) is 46.3 Å². The first kappa shape index (κ1) is 15.8. The summed E-state index contributed by atoms with van der Waals surface area (Å²) in [7, 11) is -2.21. The maximum absolute atomic E-state index is 12.6. The van der Waals surface area contributed by atoms with E-state index in [0.29, 0.717) is 21.4 Å². The van der Waals surface area contributed by atoms with E-state index in [2.05, 4.69) is 25.6 Å². The number of hydrogen-bond donors (Lipinski definition) is 1. The monoisotopic (exact) mass is 392 g/mol. The molecule has 23 heavy (non-hydrogen) atoms. The van der Waals surface area contributed by atoms with Crippen molar-refractivity contribution >= 4 is 42.5 Å². The number of methoxy groups -OCH3 is 1. The Bertz CT molecular complexity index is 969. The average Bonchev–Trinajstić information content (AvgIpc) is 2.55. The highest BCUT2D eigenvalue weighted by atomic mass is 79.9. The number of nitrogens with one attached hydrogen (secondary N) is 1. The Hall–Kier alpha value is -2.12. The van der Waals surface area contributed by atoms with Crippen LogP contribution in [0.1, 0.15) is 0 Å². The molecular formula is C16H13BrN2O3S. The minimum atomic E-state index is -3.73. The van der Waals surface area contributed by atoms with Gasteiger partial charge in [0.15, 0.2) is 0 Å². The Morgan fingerprint density at radius 3 is 2.65 bits per heavy atom. The summed E-state index contributed by atoms with van der Waals surface area (Å²) in [6, 6.07) is 13.6. The molecule has 1 heterocycles. The van der Waals surface area contributed by atoms with Gasteiger partial charge in [0.05, 0.1) is 27.7 Å². The number of hydrogen-bond acceptors (Lipinski definition) is 4. The van der Waals surface area contributed by atoms with Gasteiger partial charge < -0.3 is 4.74 Å². The van der Waals surface area contributed by atoms with E-state index in [1.54, 1.807) is 30.5 Å². The van der Waals surface area contributed by atoms with Crippen molar-refractivity contribution in [3.63, 3.8) is 0 Å². The molecule has 2 aromatic carbocycles. The van der Waals surface area contributed by atoms with Gasteiger partial charge in [-0.25, -0.2) is 8.42 Å². The van der Waals surface area contributed by atoms with Gasteiger partial charge in [0.25, 0.3) is 10.0 Å². The summed E-state index contributed by atoms with van der Waals surface area (Å²) >= 11 is 3.30. The summed E-state index contributed by atoms with van der Waals surface area (Å²) in [4.78, 5) is 4.38. The first-order valence-electron chi connectivity index (χ1n) is 6.71. The number of anilines is 1. The molecule has 0 aliphatic rings. The molecule has 0 saturated heterocycles. The topological polar surface area (TPSA) is 68.3 Å². The second-order valence-corrected chi connectivity index (χ2v) is 7.32. The fourth-order valence-corrected chi connectivity index (χ4v) is 3.99. The van der Waals surface area contributed by atoms with Gasteiger partial charge in [0.1, 0.15) is 5.75 Å². The van der Waals surface area contributed by atoms with Crippen LogP contribution < -0.4 is 9.46 Å². The molecule has 0 aliphatic heterocycles. The van der Waals surface area contributed by atoms with Gasteiger partial charge in [-0.1, -0.05) is 18.2 Å². The normalized spacial score (nSPS) is 11.4. The van der Waals surface area contributed by atoms with Crippen LogP contribution in [-0.2, 0) is 10.0 Å². The fraction of sp³-hybridized carbons (Fsp3) is 0.0625. The Balaban J connectivity index is 2.02. The lowest BCUT2D eigenvalue weighted by molar-refractivity contribution is 0.411. The highest BCUT2D eigenvalue weighted by Crippen LogP contribution is 2.29. The van der Waals surface area contributed by atoms with Crippen molar-refractivity contribution in [3.05, 3.63) is 59.2 Å². The summed E-state index contributed by atoms with van der Waals surface area (Å²) in [5, 5.41) is 0.864. The van der Waals surface area contributed by atoms with E-state index >= 15 is 0 Å². The van der Waals surface area contributed by atoms with Crippen molar-refractivity contribution in [1.82, 2.24) is 4.98 Å². The smallest absolute Gasteiger partial charge is 0.262 e. The summed E-state index contributed by atoms with van der Waals surface area (Å²) < 4.78 is 33.5. The zero-order chi connectivity index (χ0) is 16.4. The Morgan fingerprint density at radius 1 is 1.13 bits per heavy atom. The lowest BCUT2D eigenvalue weighted by Crippen LogP contribution is -2.13. The molecule has 0 atom stereocenters. The molecule has 1 aromatic heterocycles. The summed E-state index contributed by atoms with van der Waals surface area (Å²) in [6.45, 7) is 0. The van der Waals surface area contributed by atoms with Gasteiger partial charge in [0, 0.05) is 11.6 Å². The minimum Gasteiger partial charge on any atom is -0.496 e. The van der Waals surface area contributed by atoms with Crippen molar-refractivity contribution in [3.8, 4) is 5.75 Å². The molecule has 0 fully saturated rings. The lowest BCUT2D eigenvalue weighted by atomic mass is 10.2. The number of ether oxygens (including phenoxy) is 1. The van der Waals surface area contributed by atoms with Crippen molar-refractivity contribution in [2.75, 3.05) is 11.8 Å². The zero-order valence-electron chi connectivity index (χ0n) is 12.2. The molecule has 0 amide bonds. The first-order chi connectivity index (χ1) is 11.0. The number of aromatic nitrogens is 1. The quantitative estimate of drug-likeness (QED) is 0.732. The number of para-hydroxylation sites is 1. The molecule has 5 nitrogen and oxygen atoms in total. The molecular weight excluding hydrogens is 380 g/mol. The molecule has 0 unspecified atom stereocenters. The van der Waals surface area contributed by atoms with Crippen LogP contribution in [0.3, 0.4) is 0 Å². The third-order valence-corrected chi connectivity index (χ3v) is 5.29. The molecule has 7 heteroatoms. The predicted octanol–water partition coefficient (Wildman–Crippen LogP) is 3.81. The second kappa shape index (κ2) is 6.17. The van der Waals surface area contributed by atoms with Crippen LogP contribution in [-0.4, -0.2) is 20.5 Å². The standard InChI is InChI=1S/C16H13BrN2O3S/c1-22-15-8-7-12(10-13(15)17)23(20,21)19-14-6-2-4-11-5-3-9-18-16(11)14/h2-10,19H,1H3. The van der Waals surface area contributed by atoms with Crippen LogP contribution in [0.4, 0.5) is 5.69 Å². The third kappa shape index (κ3) is 3.16. The number of nitrogens with zero attached hydrogens (tertiary/aromatic N) is 1.